The molecule has 0 aromatic carbocycles. The molecule has 2 fully saturated rings. The molecule has 1 N–H and O–H groups in total. The Kier molecular flexibility index (Phi) is 5.00. The van der Waals surface area contributed by atoms with Crippen LogP contribution in [-0.2, 0) is 12.7 Å². The van der Waals surface area contributed by atoms with Crippen molar-refractivity contribution in [2.75, 3.05) is 39.3 Å². The van der Waals surface area contributed by atoms with Gasteiger partial charge in [-0.3, -0.25) is 9.69 Å². The molecule has 2 saturated heterocycles. The van der Waals surface area contributed by atoms with Crippen LogP contribution in [-0.4, -0.2) is 64.9 Å². The molecule has 132 valence electrons. The minimum atomic E-state index is -4.67. The molecule has 0 bridgehead atoms. The maximum absolute atomic E-state index is 13.1. The van der Waals surface area contributed by atoms with Crippen LogP contribution in [0, 0.1) is 0 Å². The van der Waals surface area contributed by atoms with E-state index in [-0.39, 0.29) is 11.4 Å². The molecule has 1 amide bonds. The number of aromatic nitrogens is 2. The number of halogens is 3. The number of hydrogen-bond acceptors (Lipinski definition) is 5. The van der Waals surface area contributed by atoms with Crippen molar-refractivity contribution in [2.24, 2.45) is 0 Å². The Labute approximate surface area is 138 Å². The highest BCUT2D eigenvalue weighted by Gasteiger charge is 2.36. The van der Waals surface area contributed by atoms with E-state index in [1.54, 1.807) is 0 Å². The van der Waals surface area contributed by atoms with E-state index in [4.69, 9.17) is 0 Å². The number of amides is 1. The van der Waals surface area contributed by atoms with Crippen molar-refractivity contribution >= 4 is 5.91 Å². The highest BCUT2D eigenvalue weighted by molar-refractivity contribution is 5.92. The Balaban J connectivity index is 1.87. The molecule has 2 aliphatic heterocycles. The second-order valence-electron chi connectivity index (χ2n) is 6.09. The molecule has 6 nitrogen and oxygen atoms in total. The molecule has 0 unspecified atom stereocenters. The van der Waals surface area contributed by atoms with Gasteiger partial charge in [-0.1, -0.05) is 0 Å². The maximum atomic E-state index is 13.1. The summed E-state index contributed by atoms with van der Waals surface area (Å²) in [5, 5.41) is 3.10. The summed E-state index contributed by atoms with van der Waals surface area (Å²) in [6.45, 7) is 4.18. The van der Waals surface area contributed by atoms with Crippen molar-refractivity contribution < 1.29 is 18.0 Å². The van der Waals surface area contributed by atoms with E-state index in [0.29, 0.717) is 32.7 Å². The van der Waals surface area contributed by atoms with Gasteiger partial charge in [-0.2, -0.15) is 13.2 Å². The second-order valence-corrected chi connectivity index (χ2v) is 6.09. The zero-order valence-corrected chi connectivity index (χ0v) is 13.3. The monoisotopic (exact) mass is 343 g/mol. The molecule has 0 radical (unpaired) electrons. The first kappa shape index (κ1) is 17.1. The van der Waals surface area contributed by atoms with Gasteiger partial charge in [0.1, 0.15) is 5.69 Å². The predicted octanol–water partition coefficient (Wildman–Crippen LogP) is 1.14. The number of carbonyl (C=O) groups excluding carboxylic acids is 1. The van der Waals surface area contributed by atoms with E-state index >= 15 is 0 Å². The van der Waals surface area contributed by atoms with Crippen molar-refractivity contribution in [2.45, 2.75) is 25.6 Å². The summed E-state index contributed by atoms with van der Waals surface area (Å²) in [7, 11) is 0. The van der Waals surface area contributed by atoms with Crippen LogP contribution in [0.4, 0.5) is 13.2 Å². The van der Waals surface area contributed by atoms with E-state index in [2.05, 4.69) is 15.3 Å². The Bertz CT molecular complexity index is 595. The summed E-state index contributed by atoms with van der Waals surface area (Å²) in [4.78, 5) is 23.2. The van der Waals surface area contributed by atoms with Crippen LogP contribution in [0.5, 0.6) is 0 Å². The van der Waals surface area contributed by atoms with Gasteiger partial charge in [0.25, 0.3) is 5.91 Å². The molecule has 2 aliphatic rings. The summed E-state index contributed by atoms with van der Waals surface area (Å²) in [6, 6.07) is 1.40. The Hall–Kier alpha value is -1.74. The fraction of sp³-hybridized carbons (Fsp3) is 0.667. The van der Waals surface area contributed by atoms with Crippen molar-refractivity contribution in [1.82, 2.24) is 25.1 Å². The molecule has 0 saturated carbocycles. The molecule has 9 heteroatoms. The van der Waals surface area contributed by atoms with Crippen LogP contribution in [0.2, 0.25) is 0 Å². The number of nitrogens with one attached hydrogen (secondary N) is 1. The van der Waals surface area contributed by atoms with Crippen LogP contribution in [0.25, 0.3) is 0 Å². The smallest absolute Gasteiger partial charge is 0.335 e. The molecule has 0 spiro atoms. The Morgan fingerprint density at radius 3 is 2.42 bits per heavy atom. The van der Waals surface area contributed by atoms with Gasteiger partial charge in [-0.05, 0) is 32.0 Å². The number of likely N-dealkylation sites (tertiary alicyclic amines) is 1. The van der Waals surface area contributed by atoms with Gasteiger partial charge >= 0.3 is 6.18 Å². The molecule has 24 heavy (non-hydrogen) atoms. The summed E-state index contributed by atoms with van der Waals surface area (Å²) in [5.41, 5.74) is 0.0751. The van der Waals surface area contributed by atoms with Crippen LogP contribution in [0.15, 0.2) is 6.07 Å². The number of piperazine rings is 1. The lowest BCUT2D eigenvalue weighted by atomic mass is 10.2. The average molecular weight is 343 g/mol. The number of rotatable bonds is 3. The number of alkyl halides is 3. The van der Waals surface area contributed by atoms with E-state index in [1.807, 2.05) is 4.90 Å². The molecular formula is C15H20F3N5O. The lowest BCUT2D eigenvalue weighted by Gasteiger charge is -2.27. The molecule has 0 atom stereocenters. The number of nitrogens with zero attached hydrogens (tertiary/aromatic N) is 4. The molecule has 1 aromatic rings. The van der Waals surface area contributed by atoms with Gasteiger partial charge in [0.05, 0.1) is 5.69 Å². The van der Waals surface area contributed by atoms with Gasteiger partial charge in [-0.15, -0.1) is 0 Å². The topological polar surface area (TPSA) is 61.4 Å². The molecule has 0 aliphatic carbocycles. The minimum absolute atomic E-state index is 0.173. The van der Waals surface area contributed by atoms with Crippen molar-refractivity contribution in [3.8, 4) is 0 Å². The lowest BCUT2D eigenvalue weighted by molar-refractivity contribution is -0.145. The van der Waals surface area contributed by atoms with Crippen molar-refractivity contribution in [1.29, 1.82) is 0 Å². The van der Waals surface area contributed by atoms with E-state index in [1.165, 1.54) is 11.0 Å². The summed E-state index contributed by atoms with van der Waals surface area (Å²) < 4.78 is 39.3. The van der Waals surface area contributed by atoms with Gasteiger partial charge in [0, 0.05) is 32.7 Å². The van der Waals surface area contributed by atoms with Gasteiger partial charge in [-0.25, -0.2) is 9.97 Å². The number of carbonyl (C=O) groups is 1. The zero-order valence-electron chi connectivity index (χ0n) is 13.3. The molecular weight excluding hydrogens is 323 g/mol. The van der Waals surface area contributed by atoms with Crippen LogP contribution in [0.1, 0.15) is 34.8 Å². The van der Waals surface area contributed by atoms with E-state index in [0.717, 1.165) is 25.9 Å². The van der Waals surface area contributed by atoms with E-state index < -0.39 is 17.9 Å². The molecule has 1 aromatic heterocycles. The minimum Gasteiger partial charge on any atom is -0.335 e. The van der Waals surface area contributed by atoms with Crippen LogP contribution < -0.4 is 5.32 Å². The Morgan fingerprint density at radius 2 is 1.79 bits per heavy atom. The normalized spacial score (nSPS) is 19.7. The van der Waals surface area contributed by atoms with Crippen LogP contribution >= 0.6 is 0 Å². The quantitative estimate of drug-likeness (QED) is 0.892. The zero-order chi connectivity index (χ0) is 17.2. The van der Waals surface area contributed by atoms with Crippen molar-refractivity contribution in [3.63, 3.8) is 0 Å². The Morgan fingerprint density at radius 1 is 1.12 bits per heavy atom. The largest absolute Gasteiger partial charge is 0.451 e. The van der Waals surface area contributed by atoms with E-state index in [9.17, 15) is 18.0 Å². The highest BCUT2D eigenvalue weighted by Crippen LogP contribution is 2.27. The first-order chi connectivity index (χ1) is 11.4. The third-order valence-corrected chi connectivity index (χ3v) is 4.24. The predicted molar refractivity (Wildman–Crippen MR) is 80.3 cm³/mol. The second kappa shape index (κ2) is 7.02. The standard InChI is InChI=1S/C15H20F3N5O/c16-15(17,18)14-20-11(10-22-5-1-2-6-22)9-12(21-14)13(24)23-7-3-19-4-8-23/h9,19H,1-8,10H2. The first-order valence-electron chi connectivity index (χ1n) is 8.11. The fourth-order valence-corrected chi connectivity index (χ4v) is 3.01. The van der Waals surface area contributed by atoms with Gasteiger partial charge in [0.2, 0.25) is 5.82 Å². The SMILES string of the molecule is O=C(c1cc(CN2CCCC2)nc(C(F)(F)F)n1)N1CCNCC1. The molecule has 3 rings (SSSR count). The molecule has 3 heterocycles. The fourth-order valence-electron chi connectivity index (χ4n) is 3.01. The highest BCUT2D eigenvalue weighted by atomic mass is 19.4. The maximum Gasteiger partial charge on any atom is 0.451 e. The van der Waals surface area contributed by atoms with Gasteiger partial charge < -0.3 is 10.2 Å². The lowest BCUT2D eigenvalue weighted by Crippen LogP contribution is -2.46. The average Bonchev–Trinajstić information content (AvgIpc) is 3.07. The van der Waals surface area contributed by atoms with Gasteiger partial charge in [0.15, 0.2) is 0 Å². The summed E-state index contributed by atoms with van der Waals surface area (Å²) in [6.07, 6.45) is -2.60. The summed E-state index contributed by atoms with van der Waals surface area (Å²) in [5.74, 6) is -1.70. The third-order valence-electron chi connectivity index (χ3n) is 4.24. The first-order valence-corrected chi connectivity index (χ1v) is 8.11. The summed E-state index contributed by atoms with van der Waals surface area (Å²) >= 11 is 0. The number of hydrogen-bond donors (Lipinski definition) is 1. The van der Waals surface area contributed by atoms with Crippen molar-refractivity contribution in [3.05, 3.63) is 23.3 Å². The third kappa shape index (κ3) is 4.02. The van der Waals surface area contributed by atoms with Crippen LogP contribution in [0.3, 0.4) is 0 Å².